The third kappa shape index (κ3) is 2.84. The zero-order valence-electron chi connectivity index (χ0n) is 7.13. The smallest absolute Gasteiger partial charge is 0.0715 e. The van der Waals surface area contributed by atoms with Crippen molar-refractivity contribution in [2.24, 2.45) is 0 Å². The van der Waals surface area contributed by atoms with E-state index in [2.05, 4.69) is 6.07 Å². The van der Waals surface area contributed by atoms with Gasteiger partial charge in [0.1, 0.15) is 0 Å². The van der Waals surface area contributed by atoms with Gasteiger partial charge in [-0.25, -0.2) is 0 Å². The monoisotopic (exact) mass is 184 g/mol. The Morgan fingerprint density at radius 2 is 2.25 bits per heavy atom. The summed E-state index contributed by atoms with van der Waals surface area (Å²) in [5.41, 5.74) is 2.36. The second-order valence-corrected chi connectivity index (χ2v) is 3.31. The molecule has 1 unspecified atom stereocenters. The van der Waals surface area contributed by atoms with Gasteiger partial charge < -0.3 is 5.11 Å². The minimum Gasteiger partial charge on any atom is -0.392 e. The van der Waals surface area contributed by atoms with Gasteiger partial charge in [0.15, 0.2) is 0 Å². The standard InChI is InChI=1S/C10H13ClO/c1-8-3-2-4-9(5-8)6-10(12)7-11/h2-5,10,12H,6-7H2,1H3. The molecule has 12 heavy (non-hydrogen) atoms. The Labute approximate surface area is 78.0 Å². The van der Waals surface area contributed by atoms with Crippen LogP contribution >= 0.6 is 11.6 Å². The second-order valence-electron chi connectivity index (χ2n) is 3.00. The Bertz CT molecular complexity index is 247. The van der Waals surface area contributed by atoms with Crippen LogP contribution in [0.15, 0.2) is 24.3 Å². The molecule has 0 amide bonds. The molecule has 1 aromatic carbocycles. The number of alkyl halides is 1. The van der Waals surface area contributed by atoms with Crippen LogP contribution in [-0.2, 0) is 6.42 Å². The number of benzene rings is 1. The topological polar surface area (TPSA) is 20.2 Å². The first-order chi connectivity index (χ1) is 5.72. The molecule has 0 aliphatic rings. The van der Waals surface area contributed by atoms with E-state index < -0.39 is 6.10 Å². The van der Waals surface area contributed by atoms with E-state index in [1.54, 1.807) is 0 Å². The number of rotatable bonds is 3. The summed E-state index contributed by atoms with van der Waals surface area (Å²) in [7, 11) is 0. The highest BCUT2D eigenvalue weighted by atomic mass is 35.5. The van der Waals surface area contributed by atoms with Crippen LogP contribution in [0.5, 0.6) is 0 Å². The van der Waals surface area contributed by atoms with Crippen molar-refractivity contribution in [3.05, 3.63) is 35.4 Å². The predicted molar refractivity (Wildman–Crippen MR) is 51.6 cm³/mol. The number of halogens is 1. The van der Waals surface area contributed by atoms with Crippen LogP contribution in [0.2, 0.25) is 0 Å². The van der Waals surface area contributed by atoms with E-state index in [9.17, 15) is 5.11 Å². The van der Waals surface area contributed by atoms with Crippen LogP contribution in [0.25, 0.3) is 0 Å². The first-order valence-corrected chi connectivity index (χ1v) is 4.55. The highest BCUT2D eigenvalue weighted by Crippen LogP contribution is 2.07. The van der Waals surface area contributed by atoms with E-state index in [1.165, 1.54) is 5.56 Å². The zero-order chi connectivity index (χ0) is 8.97. The van der Waals surface area contributed by atoms with Gasteiger partial charge in [0.2, 0.25) is 0 Å². The van der Waals surface area contributed by atoms with E-state index in [0.717, 1.165) is 5.56 Å². The average molecular weight is 185 g/mol. The Kier molecular flexibility index (Phi) is 3.57. The molecular formula is C10H13ClO. The quantitative estimate of drug-likeness (QED) is 0.714. The molecule has 1 nitrogen and oxygen atoms in total. The summed E-state index contributed by atoms with van der Waals surface area (Å²) >= 11 is 5.49. The summed E-state index contributed by atoms with van der Waals surface area (Å²) in [5, 5.41) is 9.27. The first-order valence-electron chi connectivity index (χ1n) is 4.02. The maximum absolute atomic E-state index is 9.27. The molecule has 0 spiro atoms. The molecule has 1 rings (SSSR count). The van der Waals surface area contributed by atoms with Crippen molar-refractivity contribution in [3.63, 3.8) is 0 Å². The van der Waals surface area contributed by atoms with Gasteiger partial charge in [0.05, 0.1) is 6.10 Å². The molecule has 0 radical (unpaired) electrons. The van der Waals surface area contributed by atoms with Crippen LogP contribution < -0.4 is 0 Å². The molecule has 0 saturated carbocycles. The van der Waals surface area contributed by atoms with E-state index >= 15 is 0 Å². The molecule has 0 aliphatic heterocycles. The number of aliphatic hydroxyl groups is 1. The summed E-state index contributed by atoms with van der Waals surface area (Å²) in [6, 6.07) is 8.10. The fraction of sp³-hybridized carbons (Fsp3) is 0.400. The fourth-order valence-electron chi connectivity index (χ4n) is 1.17. The van der Waals surface area contributed by atoms with Crippen molar-refractivity contribution in [1.29, 1.82) is 0 Å². The summed E-state index contributed by atoms with van der Waals surface area (Å²) < 4.78 is 0. The van der Waals surface area contributed by atoms with Gasteiger partial charge >= 0.3 is 0 Å². The SMILES string of the molecule is Cc1cccc(CC(O)CCl)c1. The number of aliphatic hydroxyl groups excluding tert-OH is 1. The predicted octanol–water partition coefficient (Wildman–Crippen LogP) is 2.14. The van der Waals surface area contributed by atoms with Crippen molar-refractivity contribution in [3.8, 4) is 0 Å². The summed E-state index contributed by atoms with van der Waals surface area (Å²) in [4.78, 5) is 0. The molecule has 0 fully saturated rings. The maximum atomic E-state index is 9.27. The maximum Gasteiger partial charge on any atom is 0.0715 e. The lowest BCUT2D eigenvalue weighted by molar-refractivity contribution is 0.199. The zero-order valence-corrected chi connectivity index (χ0v) is 7.88. The molecule has 66 valence electrons. The van der Waals surface area contributed by atoms with Crippen LogP contribution in [0, 0.1) is 6.92 Å². The summed E-state index contributed by atoms with van der Waals surface area (Å²) in [6.45, 7) is 2.04. The Morgan fingerprint density at radius 3 is 2.83 bits per heavy atom. The summed E-state index contributed by atoms with van der Waals surface area (Å²) in [5.74, 6) is 0.300. The van der Waals surface area contributed by atoms with E-state index in [0.29, 0.717) is 12.3 Å². The fourth-order valence-corrected chi connectivity index (χ4v) is 1.27. The minimum absolute atomic E-state index is 0.300. The first kappa shape index (κ1) is 9.56. The molecule has 1 N–H and O–H groups in total. The van der Waals surface area contributed by atoms with Crippen molar-refractivity contribution in [1.82, 2.24) is 0 Å². The van der Waals surface area contributed by atoms with E-state index in [4.69, 9.17) is 11.6 Å². The molecule has 2 heteroatoms. The van der Waals surface area contributed by atoms with Gasteiger partial charge in [-0.1, -0.05) is 29.8 Å². The summed E-state index contributed by atoms with van der Waals surface area (Å²) in [6.07, 6.45) is 0.221. The molecular weight excluding hydrogens is 172 g/mol. The highest BCUT2D eigenvalue weighted by Gasteiger charge is 2.02. The number of hydrogen-bond donors (Lipinski definition) is 1. The van der Waals surface area contributed by atoms with Crippen LogP contribution in [0.1, 0.15) is 11.1 Å². The van der Waals surface area contributed by atoms with Gasteiger partial charge in [-0.3, -0.25) is 0 Å². The number of hydrogen-bond acceptors (Lipinski definition) is 1. The molecule has 0 heterocycles. The Hall–Kier alpha value is -0.530. The number of aryl methyl sites for hydroxylation is 1. The second kappa shape index (κ2) is 4.48. The molecule has 1 atom stereocenters. The van der Waals surface area contributed by atoms with Crippen LogP contribution in [0.4, 0.5) is 0 Å². The average Bonchev–Trinajstić information content (AvgIpc) is 2.04. The lowest BCUT2D eigenvalue weighted by Crippen LogP contribution is -2.11. The molecule has 0 saturated heterocycles. The van der Waals surface area contributed by atoms with Gasteiger partial charge in [-0.05, 0) is 18.9 Å². The normalized spacial score (nSPS) is 12.9. The van der Waals surface area contributed by atoms with Crippen molar-refractivity contribution in [2.45, 2.75) is 19.4 Å². The lowest BCUT2D eigenvalue weighted by Gasteiger charge is -2.06. The largest absolute Gasteiger partial charge is 0.392 e. The lowest BCUT2D eigenvalue weighted by atomic mass is 10.1. The minimum atomic E-state index is -0.423. The van der Waals surface area contributed by atoms with E-state index in [1.807, 2.05) is 25.1 Å². The van der Waals surface area contributed by atoms with E-state index in [-0.39, 0.29) is 0 Å². The third-order valence-electron chi connectivity index (χ3n) is 1.73. The van der Waals surface area contributed by atoms with Crippen molar-refractivity contribution in [2.75, 3.05) is 5.88 Å². The van der Waals surface area contributed by atoms with Crippen LogP contribution in [-0.4, -0.2) is 17.1 Å². The van der Waals surface area contributed by atoms with Gasteiger partial charge in [0.25, 0.3) is 0 Å². The van der Waals surface area contributed by atoms with Crippen molar-refractivity contribution >= 4 is 11.6 Å². The third-order valence-corrected chi connectivity index (χ3v) is 2.09. The van der Waals surface area contributed by atoms with Crippen LogP contribution in [0.3, 0.4) is 0 Å². The Balaban J connectivity index is 2.63. The van der Waals surface area contributed by atoms with Gasteiger partial charge in [0, 0.05) is 5.88 Å². The van der Waals surface area contributed by atoms with Gasteiger partial charge in [-0.15, -0.1) is 11.6 Å². The highest BCUT2D eigenvalue weighted by molar-refractivity contribution is 6.18. The molecule has 0 bridgehead atoms. The van der Waals surface area contributed by atoms with Gasteiger partial charge in [-0.2, -0.15) is 0 Å². The molecule has 0 aromatic heterocycles. The molecule has 1 aromatic rings. The van der Waals surface area contributed by atoms with Crippen molar-refractivity contribution < 1.29 is 5.11 Å². The Morgan fingerprint density at radius 1 is 1.50 bits per heavy atom. The molecule has 0 aliphatic carbocycles.